The van der Waals surface area contributed by atoms with E-state index >= 15 is 0 Å². The van der Waals surface area contributed by atoms with Gasteiger partial charge in [-0.3, -0.25) is 0 Å². The third-order valence-electron chi connectivity index (χ3n) is 2.73. The van der Waals surface area contributed by atoms with Crippen molar-refractivity contribution in [2.45, 2.75) is 33.0 Å². The highest BCUT2D eigenvalue weighted by atomic mass is 79.9. The van der Waals surface area contributed by atoms with Gasteiger partial charge in [-0.1, -0.05) is 29.8 Å². The molecule has 2 aromatic rings. The highest BCUT2D eigenvalue weighted by molar-refractivity contribution is 9.10. The molecule has 0 spiro atoms. The molecule has 0 aliphatic carbocycles. The monoisotopic (exact) mass is 359 g/mol. The van der Waals surface area contributed by atoms with E-state index in [0.717, 1.165) is 11.8 Å². The van der Waals surface area contributed by atoms with Crippen LogP contribution in [0.15, 0.2) is 33.2 Å². The van der Waals surface area contributed by atoms with Crippen LogP contribution in [0.3, 0.4) is 0 Å². The maximum absolute atomic E-state index is 13.5. The van der Waals surface area contributed by atoms with Gasteiger partial charge < -0.3 is 14.5 Å². The Morgan fingerprint density at radius 2 is 1.95 bits per heavy atom. The van der Waals surface area contributed by atoms with E-state index in [0.29, 0.717) is 22.8 Å². The van der Waals surface area contributed by atoms with E-state index in [1.807, 2.05) is 19.9 Å². The van der Waals surface area contributed by atoms with Gasteiger partial charge in [0.1, 0.15) is 18.1 Å². The summed E-state index contributed by atoms with van der Waals surface area (Å²) >= 11 is 3.09. The molecular formula is C15H16BrF2NO2. The van der Waals surface area contributed by atoms with E-state index in [4.69, 9.17) is 9.15 Å². The standard InChI is InChI=1S/C15H16BrF2NO2/c1-9(2)19-7-11-3-4-12(21-11)8-20-14-6-10(16)5-13(17)15(14)18/h3-6,9,19H,7-8H2,1-2H3. The molecular weight excluding hydrogens is 344 g/mol. The van der Waals surface area contributed by atoms with Crippen LogP contribution in [0, 0.1) is 11.6 Å². The number of nitrogens with one attached hydrogen (secondary N) is 1. The first-order valence-electron chi connectivity index (χ1n) is 6.54. The number of halogens is 3. The van der Waals surface area contributed by atoms with Crippen molar-refractivity contribution in [3.63, 3.8) is 0 Å². The molecule has 0 aliphatic heterocycles. The molecule has 6 heteroatoms. The molecule has 21 heavy (non-hydrogen) atoms. The van der Waals surface area contributed by atoms with E-state index in [1.54, 1.807) is 6.07 Å². The molecule has 0 radical (unpaired) electrons. The molecule has 1 heterocycles. The molecule has 1 aromatic heterocycles. The Kier molecular flexibility index (Phi) is 5.36. The van der Waals surface area contributed by atoms with Crippen molar-refractivity contribution in [1.29, 1.82) is 0 Å². The summed E-state index contributed by atoms with van der Waals surface area (Å²) in [5.41, 5.74) is 0. The summed E-state index contributed by atoms with van der Waals surface area (Å²) in [6, 6.07) is 6.36. The molecule has 114 valence electrons. The van der Waals surface area contributed by atoms with Gasteiger partial charge in [-0.25, -0.2) is 4.39 Å². The molecule has 0 bridgehead atoms. The van der Waals surface area contributed by atoms with Crippen molar-refractivity contribution in [2.75, 3.05) is 0 Å². The average molecular weight is 360 g/mol. The Hall–Kier alpha value is -1.40. The second kappa shape index (κ2) is 7.04. The molecule has 0 saturated heterocycles. The van der Waals surface area contributed by atoms with E-state index < -0.39 is 11.6 Å². The normalized spacial score (nSPS) is 11.1. The van der Waals surface area contributed by atoms with Gasteiger partial charge in [0.05, 0.1) is 6.54 Å². The number of rotatable bonds is 6. The average Bonchev–Trinajstić information content (AvgIpc) is 2.87. The fourth-order valence-electron chi connectivity index (χ4n) is 1.69. The van der Waals surface area contributed by atoms with Crippen LogP contribution in [0.1, 0.15) is 25.4 Å². The van der Waals surface area contributed by atoms with Crippen molar-refractivity contribution in [3.05, 3.63) is 51.9 Å². The largest absolute Gasteiger partial charge is 0.482 e. The van der Waals surface area contributed by atoms with E-state index in [2.05, 4.69) is 21.2 Å². The number of furan rings is 1. The van der Waals surface area contributed by atoms with Crippen molar-refractivity contribution in [1.82, 2.24) is 5.32 Å². The van der Waals surface area contributed by atoms with Crippen LogP contribution in [0.5, 0.6) is 5.75 Å². The quantitative estimate of drug-likeness (QED) is 0.776. The molecule has 0 fully saturated rings. The first-order chi connectivity index (χ1) is 9.95. The first kappa shape index (κ1) is 16.0. The van der Waals surface area contributed by atoms with E-state index in [9.17, 15) is 8.78 Å². The molecule has 0 atom stereocenters. The van der Waals surface area contributed by atoms with Gasteiger partial charge >= 0.3 is 0 Å². The first-order valence-corrected chi connectivity index (χ1v) is 7.33. The van der Waals surface area contributed by atoms with Gasteiger partial charge in [-0.05, 0) is 24.3 Å². The Morgan fingerprint density at radius 3 is 2.67 bits per heavy atom. The zero-order valence-corrected chi connectivity index (χ0v) is 13.3. The summed E-state index contributed by atoms with van der Waals surface area (Å²) < 4.78 is 38.0. The van der Waals surface area contributed by atoms with Crippen molar-refractivity contribution in [2.24, 2.45) is 0 Å². The van der Waals surface area contributed by atoms with Gasteiger partial charge in [0.25, 0.3) is 0 Å². The Bertz CT molecular complexity index is 614. The predicted molar refractivity (Wildman–Crippen MR) is 79.1 cm³/mol. The zero-order valence-electron chi connectivity index (χ0n) is 11.8. The highest BCUT2D eigenvalue weighted by Gasteiger charge is 2.12. The zero-order chi connectivity index (χ0) is 15.4. The fraction of sp³-hybridized carbons (Fsp3) is 0.333. The minimum Gasteiger partial charge on any atom is -0.482 e. The summed E-state index contributed by atoms with van der Waals surface area (Å²) in [7, 11) is 0. The predicted octanol–water partition coefficient (Wildman–Crippen LogP) is 4.40. The maximum atomic E-state index is 13.5. The third kappa shape index (κ3) is 4.54. The van der Waals surface area contributed by atoms with E-state index in [1.165, 1.54) is 6.07 Å². The maximum Gasteiger partial charge on any atom is 0.200 e. The highest BCUT2D eigenvalue weighted by Crippen LogP contribution is 2.26. The summed E-state index contributed by atoms with van der Waals surface area (Å²) in [5.74, 6) is -0.800. The van der Waals surface area contributed by atoms with Gasteiger partial charge in [0.15, 0.2) is 11.6 Å². The van der Waals surface area contributed by atoms with Crippen LogP contribution < -0.4 is 10.1 Å². The number of benzene rings is 1. The molecule has 2 rings (SSSR count). The summed E-state index contributed by atoms with van der Waals surface area (Å²) in [4.78, 5) is 0. The van der Waals surface area contributed by atoms with Gasteiger partial charge in [-0.15, -0.1) is 0 Å². The molecule has 0 saturated carbocycles. The molecule has 1 aromatic carbocycles. The lowest BCUT2D eigenvalue weighted by atomic mass is 10.3. The fourth-order valence-corrected chi connectivity index (χ4v) is 2.09. The molecule has 0 unspecified atom stereocenters. The smallest absolute Gasteiger partial charge is 0.200 e. The van der Waals surface area contributed by atoms with E-state index in [-0.39, 0.29) is 12.4 Å². The second-order valence-electron chi connectivity index (χ2n) is 4.89. The van der Waals surface area contributed by atoms with Crippen molar-refractivity contribution >= 4 is 15.9 Å². The van der Waals surface area contributed by atoms with Gasteiger partial charge in [0, 0.05) is 10.5 Å². The SMILES string of the molecule is CC(C)NCc1ccc(COc2cc(Br)cc(F)c2F)o1. The summed E-state index contributed by atoms with van der Waals surface area (Å²) in [5, 5.41) is 3.22. The van der Waals surface area contributed by atoms with Crippen LogP contribution in [-0.2, 0) is 13.2 Å². The summed E-state index contributed by atoms with van der Waals surface area (Å²) in [6.45, 7) is 4.72. The molecule has 3 nitrogen and oxygen atoms in total. The third-order valence-corrected chi connectivity index (χ3v) is 3.19. The topological polar surface area (TPSA) is 34.4 Å². The van der Waals surface area contributed by atoms with Gasteiger partial charge in [-0.2, -0.15) is 4.39 Å². The number of hydrogen-bond donors (Lipinski definition) is 1. The van der Waals surface area contributed by atoms with Crippen LogP contribution >= 0.6 is 15.9 Å². The van der Waals surface area contributed by atoms with Crippen LogP contribution in [0.25, 0.3) is 0 Å². The molecule has 1 N–H and O–H groups in total. The Balaban J connectivity index is 1.97. The Labute approximate surface area is 130 Å². The second-order valence-corrected chi connectivity index (χ2v) is 5.81. The van der Waals surface area contributed by atoms with Crippen LogP contribution in [0.4, 0.5) is 8.78 Å². The molecule has 0 aliphatic rings. The van der Waals surface area contributed by atoms with Crippen LogP contribution in [-0.4, -0.2) is 6.04 Å². The number of ether oxygens (including phenoxy) is 1. The van der Waals surface area contributed by atoms with Crippen molar-refractivity contribution in [3.8, 4) is 5.75 Å². The van der Waals surface area contributed by atoms with Crippen LogP contribution in [0.2, 0.25) is 0 Å². The van der Waals surface area contributed by atoms with Gasteiger partial charge in [0.2, 0.25) is 5.82 Å². The lowest BCUT2D eigenvalue weighted by Gasteiger charge is -2.07. The lowest BCUT2D eigenvalue weighted by molar-refractivity contribution is 0.250. The molecule has 0 amide bonds. The minimum absolute atomic E-state index is 0.0362. The lowest BCUT2D eigenvalue weighted by Crippen LogP contribution is -2.21. The number of hydrogen-bond acceptors (Lipinski definition) is 3. The summed E-state index contributed by atoms with van der Waals surface area (Å²) in [6.07, 6.45) is 0. The van der Waals surface area contributed by atoms with Crippen molar-refractivity contribution < 1.29 is 17.9 Å². The minimum atomic E-state index is -1.01. The Morgan fingerprint density at radius 1 is 1.24 bits per heavy atom.